The Labute approximate surface area is 108 Å². The summed E-state index contributed by atoms with van der Waals surface area (Å²) in [5.74, 6) is -0.941. The predicted molar refractivity (Wildman–Crippen MR) is 68.5 cm³/mol. The first kappa shape index (κ1) is 15.4. The number of ether oxygens (including phenoxy) is 1. The first-order valence-corrected chi connectivity index (χ1v) is 7.67. The molecule has 0 bridgehead atoms. The number of carbonyl (C=O) groups excluding carboxylic acids is 1. The molecule has 0 spiro atoms. The van der Waals surface area contributed by atoms with Crippen molar-refractivity contribution in [3.05, 3.63) is 12.7 Å². The first-order chi connectivity index (χ1) is 8.32. The van der Waals surface area contributed by atoms with Crippen LogP contribution in [0.3, 0.4) is 0 Å². The molecule has 0 radical (unpaired) electrons. The number of rotatable bonds is 6. The summed E-state index contributed by atoms with van der Waals surface area (Å²) in [6.45, 7) is 11.1. The second kappa shape index (κ2) is 5.55. The van der Waals surface area contributed by atoms with Gasteiger partial charge in [0.05, 0.1) is 13.2 Å². The third-order valence-electron chi connectivity index (χ3n) is 2.96. The standard InChI is InChI=1S/C12H21O5P/c1-6-9-10(11(13)17-12(9,4)5)18(14,15-7-2)16-8-3/h6,9-10H,1,7-8H2,2-5H3/t9-,10-/m1/s1. The van der Waals surface area contributed by atoms with E-state index in [0.29, 0.717) is 0 Å². The van der Waals surface area contributed by atoms with Crippen molar-refractivity contribution < 1.29 is 23.1 Å². The van der Waals surface area contributed by atoms with E-state index < -0.39 is 30.7 Å². The average molecular weight is 276 g/mol. The summed E-state index contributed by atoms with van der Waals surface area (Å²) in [4.78, 5) is 12.0. The molecule has 0 aromatic heterocycles. The molecule has 1 saturated heterocycles. The molecule has 0 unspecified atom stereocenters. The van der Waals surface area contributed by atoms with Gasteiger partial charge < -0.3 is 13.8 Å². The van der Waals surface area contributed by atoms with E-state index in [1.54, 1.807) is 33.8 Å². The smallest absolute Gasteiger partial charge is 0.345 e. The van der Waals surface area contributed by atoms with Crippen LogP contribution in [0.5, 0.6) is 0 Å². The highest BCUT2D eigenvalue weighted by atomic mass is 31.2. The fraction of sp³-hybridized carbons (Fsp3) is 0.750. The van der Waals surface area contributed by atoms with Crippen molar-refractivity contribution >= 4 is 13.6 Å². The zero-order chi connectivity index (χ0) is 14.0. The minimum absolute atomic E-state index is 0.214. The molecule has 104 valence electrons. The summed E-state index contributed by atoms with van der Waals surface area (Å²) in [7, 11) is -3.52. The van der Waals surface area contributed by atoms with Gasteiger partial charge in [-0.3, -0.25) is 9.36 Å². The molecule has 1 rings (SSSR count). The molecule has 2 atom stereocenters. The van der Waals surface area contributed by atoms with Crippen LogP contribution in [0.2, 0.25) is 0 Å². The van der Waals surface area contributed by atoms with Gasteiger partial charge in [0.2, 0.25) is 0 Å². The van der Waals surface area contributed by atoms with Gasteiger partial charge >= 0.3 is 13.6 Å². The Hall–Kier alpha value is -0.640. The highest BCUT2D eigenvalue weighted by molar-refractivity contribution is 7.55. The van der Waals surface area contributed by atoms with E-state index >= 15 is 0 Å². The van der Waals surface area contributed by atoms with Crippen LogP contribution in [0.15, 0.2) is 12.7 Å². The summed E-state index contributed by atoms with van der Waals surface area (Å²) in [6, 6.07) is 0. The van der Waals surface area contributed by atoms with Crippen molar-refractivity contribution in [2.24, 2.45) is 5.92 Å². The highest BCUT2D eigenvalue weighted by Crippen LogP contribution is 2.60. The van der Waals surface area contributed by atoms with Crippen molar-refractivity contribution in [3.8, 4) is 0 Å². The van der Waals surface area contributed by atoms with Crippen LogP contribution in [-0.2, 0) is 23.1 Å². The second-order valence-corrected chi connectivity index (χ2v) is 6.76. The number of carbonyl (C=O) groups is 1. The van der Waals surface area contributed by atoms with Crippen LogP contribution < -0.4 is 0 Å². The Balaban J connectivity index is 3.14. The summed E-state index contributed by atoms with van der Waals surface area (Å²) in [5, 5.41) is 0. The highest BCUT2D eigenvalue weighted by Gasteiger charge is 2.58. The van der Waals surface area contributed by atoms with E-state index in [0.717, 1.165) is 0 Å². The zero-order valence-corrected chi connectivity index (χ0v) is 12.2. The SMILES string of the molecule is C=C[C@@H]1[C@@H](P(=O)(OCC)OCC)C(=O)OC1(C)C. The van der Waals surface area contributed by atoms with Crippen LogP contribution in [0, 0.1) is 5.92 Å². The Morgan fingerprint density at radius 3 is 2.28 bits per heavy atom. The summed E-state index contributed by atoms with van der Waals surface area (Å²) in [6.07, 6.45) is 1.58. The molecule has 0 aromatic carbocycles. The monoisotopic (exact) mass is 276 g/mol. The lowest BCUT2D eigenvalue weighted by molar-refractivity contribution is -0.146. The molecule has 0 aliphatic carbocycles. The molecule has 0 saturated carbocycles. The van der Waals surface area contributed by atoms with Crippen LogP contribution in [0.4, 0.5) is 0 Å². The quantitative estimate of drug-likeness (QED) is 0.424. The van der Waals surface area contributed by atoms with Gasteiger partial charge in [-0.25, -0.2) is 0 Å². The van der Waals surface area contributed by atoms with Crippen LogP contribution >= 0.6 is 7.60 Å². The lowest BCUT2D eigenvalue weighted by atomic mass is 9.91. The molecule has 1 heterocycles. The normalized spacial score (nSPS) is 27.0. The maximum absolute atomic E-state index is 12.7. The number of hydrogen-bond acceptors (Lipinski definition) is 5. The van der Waals surface area contributed by atoms with Crippen molar-refractivity contribution in [2.75, 3.05) is 13.2 Å². The lowest BCUT2D eigenvalue weighted by Gasteiger charge is -2.27. The molecular weight excluding hydrogens is 255 g/mol. The molecule has 0 N–H and O–H groups in total. The Kier molecular flexibility index (Phi) is 4.76. The maximum atomic E-state index is 12.7. The largest absolute Gasteiger partial charge is 0.458 e. The minimum atomic E-state index is -3.52. The van der Waals surface area contributed by atoms with E-state index in [4.69, 9.17) is 13.8 Å². The topological polar surface area (TPSA) is 61.8 Å². The fourth-order valence-corrected chi connectivity index (χ4v) is 4.51. The minimum Gasteiger partial charge on any atom is -0.458 e. The third-order valence-corrected chi connectivity index (χ3v) is 5.41. The van der Waals surface area contributed by atoms with E-state index in [1.165, 1.54) is 0 Å². The van der Waals surface area contributed by atoms with E-state index in [1.807, 2.05) is 0 Å². The zero-order valence-electron chi connectivity index (χ0n) is 11.3. The van der Waals surface area contributed by atoms with Gasteiger partial charge in [0.25, 0.3) is 0 Å². The van der Waals surface area contributed by atoms with Gasteiger partial charge in [0.15, 0.2) is 5.66 Å². The van der Waals surface area contributed by atoms with Crippen molar-refractivity contribution in [1.29, 1.82) is 0 Å². The van der Waals surface area contributed by atoms with Crippen molar-refractivity contribution in [1.82, 2.24) is 0 Å². The number of hydrogen-bond donors (Lipinski definition) is 0. The van der Waals surface area contributed by atoms with Crippen LogP contribution in [0.1, 0.15) is 27.7 Å². The summed E-state index contributed by atoms with van der Waals surface area (Å²) >= 11 is 0. The average Bonchev–Trinajstić information content (AvgIpc) is 2.48. The predicted octanol–water partition coefficient (Wildman–Crippen LogP) is 2.76. The Morgan fingerprint density at radius 1 is 1.39 bits per heavy atom. The third kappa shape index (κ3) is 2.68. The first-order valence-electron chi connectivity index (χ1n) is 6.06. The summed E-state index contributed by atoms with van der Waals surface area (Å²) in [5.41, 5.74) is -1.67. The summed E-state index contributed by atoms with van der Waals surface area (Å²) < 4.78 is 28.4. The molecule has 1 aliphatic heterocycles. The van der Waals surface area contributed by atoms with Gasteiger partial charge in [-0.05, 0) is 27.7 Å². The van der Waals surface area contributed by atoms with Crippen molar-refractivity contribution in [3.63, 3.8) is 0 Å². The lowest BCUT2D eigenvalue weighted by Crippen LogP contribution is -2.31. The van der Waals surface area contributed by atoms with Gasteiger partial charge in [0, 0.05) is 5.92 Å². The van der Waals surface area contributed by atoms with Gasteiger partial charge in [0.1, 0.15) is 5.60 Å². The molecule has 5 nitrogen and oxygen atoms in total. The number of esters is 1. The maximum Gasteiger partial charge on any atom is 0.345 e. The fourth-order valence-electron chi connectivity index (χ4n) is 2.21. The van der Waals surface area contributed by atoms with Gasteiger partial charge in [-0.15, -0.1) is 6.58 Å². The van der Waals surface area contributed by atoms with E-state index in [2.05, 4.69) is 6.58 Å². The molecule has 18 heavy (non-hydrogen) atoms. The van der Waals surface area contributed by atoms with E-state index in [9.17, 15) is 9.36 Å². The molecular formula is C12H21O5P. The molecule has 1 aliphatic rings. The van der Waals surface area contributed by atoms with Gasteiger partial charge in [-0.2, -0.15) is 0 Å². The van der Waals surface area contributed by atoms with E-state index in [-0.39, 0.29) is 13.2 Å². The van der Waals surface area contributed by atoms with Gasteiger partial charge in [-0.1, -0.05) is 6.08 Å². The Morgan fingerprint density at radius 2 is 1.89 bits per heavy atom. The molecule has 6 heteroatoms. The van der Waals surface area contributed by atoms with Crippen LogP contribution in [0.25, 0.3) is 0 Å². The van der Waals surface area contributed by atoms with Crippen LogP contribution in [-0.4, -0.2) is 30.4 Å². The molecule has 0 aromatic rings. The number of cyclic esters (lactones) is 1. The van der Waals surface area contributed by atoms with Crippen molar-refractivity contribution in [2.45, 2.75) is 39.0 Å². The Bertz CT molecular complexity index is 367. The molecule has 0 amide bonds. The molecule has 1 fully saturated rings. The second-order valence-electron chi connectivity index (χ2n) is 4.61.